The average Bonchev–Trinajstić information content (AvgIpc) is 3.00. The third-order valence-electron chi connectivity index (χ3n) is 6.90. The molecule has 230 valence electrons. The molecule has 0 bridgehead atoms. The summed E-state index contributed by atoms with van der Waals surface area (Å²) in [6, 6.07) is 17.5. The Bertz CT molecular complexity index is 1700. The van der Waals surface area contributed by atoms with Crippen LogP contribution in [0, 0.1) is 0 Å². The second kappa shape index (κ2) is 13.0. The highest BCUT2D eigenvalue weighted by Crippen LogP contribution is 2.33. The zero-order valence-corrected chi connectivity index (χ0v) is 25.6. The van der Waals surface area contributed by atoms with Crippen LogP contribution in [0.15, 0.2) is 90.3 Å². The van der Waals surface area contributed by atoms with Crippen LogP contribution < -0.4 is 9.46 Å². The Morgan fingerprint density at radius 2 is 1.84 bits per heavy atom. The van der Waals surface area contributed by atoms with Crippen LogP contribution in [0.4, 0.5) is 10.7 Å². The molecule has 5 rings (SSSR count). The van der Waals surface area contributed by atoms with E-state index in [4.69, 9.17) is 9.47 Å². The highest BCUT2D eigenvalue weighted by atomic mass is 32.2. The molecule has 2 atom stereocenters. The number of nitrogens with zero attached hydrogens (tertiary/aromatic N) is 4. The molecule has 4 aromatic rings. The molecule has 0 saturated heterocycles. The topological polar surface area (TPSA) is 144 Å². The Balaban J connectivity index is 1.30. The smallest absolute Gasteiger partial charge is 0.410 e. The van der Waals surface area contributed by atoms with Crippen LogP contribution in [0.25, 0.3) is 11.1 Å². The predicted octanol–water partition coefficient (Wildman–Crippen LogP) is 5.00. The number of aliphatic hydroxyl groups is 1. The van der Waals surface area contributed by atoms with Crippen LogP contribution in [-0.4, -0.2) is 64.3 Å². The van der Waals surface area contributed by atoms with E-state index in [2.05, 4.69) is 19.7 Å². The molecule has 1 amide bonds. The first kappa shape index (κ1) is 30.9. The summed E-state index contributed by atoms with van der Waals surface area (Å²) in [6.45, 7) is 5.64. The fourth-order valence-electron chi connectivity index (χ4n) is 4.81. The number of carbonyl (C=O) groups is 1. The van der Waals surface area contributed by atoms with Crippen molar-refractivity contribution in [3.63, 3.8) is 0 Å². The molecule has 44 heavy (non-hydrogen) atoms. The number of aliphatic hydroxyl groups excluding tert-OH is 1. The van der Waals surface area contributed by atoms with Gasteiger partial charge in [0.25, 0.3) is 10.0 Å². The number of hydrogen-bond donors (Lipinski definition) is 2. The van der Waals surface area contributed by atoms with Crippen molar-refractivity contribution >= 4 is 22.1 Å². The number of benzene rings is 2. The predicted molar refractivity (Wildman–Crippen MR) is 164 cm³/mol. The van der Waals surface area contributed by atoms with E-state index in [-0.39, 0.29) is 30.0 Å². The minimum absolute atomic E-state index is 0.00444. The van der Waals surface area contributed by atoms with Gasteiger partial charge in [-0.3, -0.25) is 4.98 Å². The summed E-state index contributed by atoms with van der Waals surface area (Å²) in [7, 11) is -3.89. The van der Waals surface area contributed by atoms with Crippen LogP contribution in [-0.2, 0) is 21.2 Å². The van der Waals surface area contributed by atoms with Gasteiger partial charge >= 0.3 is 6.09 Å². The van der Waals surface area contributed by atoms with Crippen molar-refractivity contribution in [1.82, 2.24) is 19.9 Å². The number of nitrogens with one attached hydrogen (secondary N) is 1. The second-order valence-corrected chi connectivity index (χ2v) is 13.2. The zero-order valence-electron chi connectivity index (χ0n) is 24.8. The molecule has 2 N–H and O–H groups in total. The number of carbonyl (C=O) groups excluding carboxylic acids is 1. The van der Waals surface area contributed by atoms with Gasteiger partial charge in [-0.25, -0.2) is 27.9 Å². The van der Waals surface area contributed by atoms with Gasteiger partial charge in [-0.1, -0.05) is 24.3 Å². The number of sulfonamides is 1. The fourth-order valence-corrected chi connectivity index (χ4v) is 5.81. The van der Waals surface area contributed by atoms with Crippen molar-refractivity contribution in [3.8, 4) is 16.9 Å². The third-order valence-corrected chi connectivity index (χ3v) is 8.22. The monoisotopic (exact) mass is 617 g/mol. The quantitative estimate of drug-likeness (QED) is 0.265. The molecule has 12 heteroatoms. The Hall–Kier alpha value is -4.55. The van der Waals surface area contributed by atoms with Crippen LogP contribution in [0.1, 0.15) is 44.4 Å². The molecular weight excluding hydrogens is 582 g/mol. The molecule has 0 aliphatic carbocycles. The Morgan fingerprint density at radius 1 is 1.07 bits per heavy atom. The van der Waals surface area contributed by atoms with Crippen LogP contribution in [0.2, 0.25) is 0 Å². The molecule has 11 nitrogen and oxygen atoms in total. The summed E-state index contributed by atoms with van der Waals surface area (Å²) < 4.78 is 40.2. The molecule has 2 aromatic heterocycles. The van der Waals surface area contributed by atoms with Crippen molar-refractivity contribution in [2.45, 2.75) is 56.3 Å². The lowest BCUT2D eigenvalue weighted by atomic mass is 9.97. The zero-order chi connectivity index (χ0) is 31.3. The number of aryl methyl sites for hydroxylation is 1. The first-order valence-corrected chi connectivity index (χ1v) is 15.7. The molecule has 3 heterocycles. The highest BCUT2D eigenvalue weighted by Gasteiger charge is 2.30. The minimum atomic E-state index is -3.89. The SMILES string of the molecule is CC(C)(C)OC(=O)N(C[C@H]1CCc2cc(-c3cccc(S(=O)(=O)Nc4ncccn4)c3)ccc2O1)C[C@H](O)c1cccnc1. The third kappa shape index (κ3) is 7.88. The summed E-state index contributed by atoms with van der Waals surface area (Å²) in [6.07, 6.45) is 5.64. The van der Waals surface area contributed by atoms with E-state index in [1.807, 2.05) is 24.3 Å². The number of rotatable bonds is 9. The van der Waals surface area contributed by atoms with Gasteiger partial charge in [-0.2, -0.15) is 0 Å². The molecule has 0 unspecified atom stereocenters. The van der Waals surface area contributed by atoms with E-state index in [9.17, 15) is 18.3 Å². The van der Waals surface area contributed by atoms with Gasteiger partial charge in [-0.05, 0) is 86.7 Å². The number of hydrogen-bond acceptors (Lipinski definition) is 9. The standard InChI is InChI=1S/C32H35N5O6S/c1-32(2,3)43-31(39)37(21-28(38)25-8-5-14-33-19-25)20-26-12-10-24-17-23(11-13-29(24)42-26)22-7-4-9-27(18-22)44(40,41)36-30-34-15-6-16-35-30/h4-9,11,13-19,26,28,38H,10,12,20-21H2,1-3H3,(H,34,35,36)/t26-,28+/m1/s1. The maximum Gasteiger partial charge on any atom is 0.410 e. The summed E-state index contributed by atoms with van der Waals surface area (Å²) in [5.74, 6) is 0.684. The summed E-state index contributed by atoms with van der Waals surface area (Å²) in [4.78, 5) is 26.6. The van der Waals surface area contributed by atoms with Gasteiger partial charge in [0.1, 0.15) is 17.5 Å². The van der Waals surface area contributed by atoms with Crippen LogP contribution >= 0.6 is 0 Å². The fraction of sp³-hybridized carbons (Fsp3) is 0.312. The van der Waals surface area contributed by atoms with Crippen molar-refractivity contribution < 1.29 is 27.8 Å². The molecular formula is C32H35N5O6S. The second-order valence-electron chi connectivity index (χ2n) is 11.5. The first-order valence-electron chi connectivity index (χ1n) is 14.2. The number of amides is 1. The largest absolute Gasteiger partial charge is 0.488 e. The Labute approximate surface area is 257 Å². The molecule has 0 saturated carbocycles. The summed E-state index contributed by atoms with van der Waals surface area (Å²) >= 11 is 0. The average molecular weight is 618 g/mol. The highest BCUT2D eigenvalue weighted by molar-refractivity contribution is 7.92. The lowest BCUT2D eigenvalue weighted by Crippen LogP contribution is -2.45. The van der Waals surface area contributed by atoms with Crippen LogP contribution in [0.5, 0.6) is 5.75 Å². The maximum absolute atomic E-state index is 13.1. The lowest BCUT2D eigenvalue weighted by Gasteiger charge is -2.33. The van der Waals surface area contributed by atoms with Crippen LogP contribution in [0.3, 0.4) is 0 Å². The van der Waals surface area contributed by atoms with Crippen molar-refractivity contribution in [2.75, 3.05) is 17.8 Å². The van der Waals surface area contributed by atoms with Crippen molar-refractivity contribution in [3.05, 3.63) is 96.6 Å². The number of ether oxygens (including phenoxy) is 2. The number of anilines is 1. The van der Waals surface area contributed by atoms with Gasteiger partial charge in [0.05, 0.1) is 24.1 Å². The minimum Gasteiger partial charge on any atom is -0.488 e. The van der Waals surface area contributed by atoms with E-state index in [1.54, 1.807) is 63.5 Å². The number of pyridine rings is 1. The molecule has 0 fully saturated rings. The van der Waals surface area contributed by atoms with E-state index >= 15 is 0 Å². The number of fused-ring (bicyclic) bond motifs is 1. The lowest BCUT2D eigenvalue weighted by molar-refractivity contribution is 0.00365. The maximum atomic E-state index is 13.1. The van der Waals surface area contributed by atoms with Crippen molar-refractivity contribution in [1.29, 1.82) is 0 Å². The molecule has 2 aromatic carbocycles. The normalized spacial score (nSPS) is 15.4. The van der Waals surface area contributed by atoms with E-state index in [0.717, 1.165) is 16.7 Å². The van der Waals surface area contributed by atoms with Gasteiger partial charge < -0.3 is 19.5 Å². The molecule has 0 spiro atoms. The molecule has 1 aliphatic heterocycles. The summed E-state index contributed by atoms with van der Waals surface area (Å²) in [5.41, 5.74) is 2.44. The van der Waals surface area contributed by atoms with Gasteiger partial charge in [-0.15, -0.1) is 0 Å². The Kier molecular flexibility index (Phi) is 9.12. The number of aromatic nitrogens is 3. The van der Waals surface area contributed by atoms with E-state index < -0.39 is 27.8 Å². The van der Waals surface area contributed by atoms with Crippen molar-refractivity contribution in [2.24, 2.45) is 0 Å². The molecule has 0 radical (unpaired) electrons. The Morgan fingerprint density at radius 3 is 2.57 bits per heavy atom. The summed E-state index contributed by atoms with van der Waals surface area (Å²) in [5, 5.41) is 10.8. The molecule has 1 aliphatic rings. The van der Waals surface area contributed by atoms with Gasteiger partial charge in [0.15, 0.2) is 0 Å². The van der Waals surface area contributed by atoms with E-state index in [1.165, 1.54) is 23.4 Å². The first-order chi connectivity index (χ1) is 21.0. The van der Waals surface area contributed by atoms with Gasteiger partial charge in [0, 0.05) is 30.4 Å². The van der Waals surface area contributed by atoms with Gasteiger partial charge in [0.2, 0.25) is 5.95 Å². The van der Waals surface area contributed by atoms with E-state index in [0.29, 0.717) is 24.2 Å².